The van der Waals surface area contributed by atoms with Crippen molar-refractivity contribution in [2.75, 3.05) is 32.8 Å². The Balaban J connectivity index is 2.01. The summed E-state index contributed by atoms with van der Waals surface area (Å²) < 4.78 is 11.2. The number of morpholine rings is 1. The lowest BCUT2D eigenvalue weighted by Gasteiger charge is -2.31. The number of ketones is 1. The van der Waals surface area contributed by atoms with Crippen LogP contribution in [0, 0.1) is 0 Å². The largest absolute Gasteiger partial charge is 0.493 e. The van der Waals surface area contributed by atoms with Gasteiger partial charge in [-0.3, -0.25) is 9.69 Å². The molecule has 1 heterocycles. The van der Waals surface area contributed by atoms with E-state index in [-0.39, 0.29) is 11.9 Å². The summed E-state index contributed by atoms with van der Waals surface area (Å²) >= 11 is 0. The van der Waals surface area contributed by atoms with Gasteiger partial charge in [0, 0.05) is 13.1 Å². The summed E-state index contributed by atoms with van der Waals surface area (Å²) in [6.45, 7) is 7.40. The van der Waals surface area contributed by atoms with Crippen molar-refractivity contribution in [1.29, 1.82) is 0 Å². The summed E-state index contributed by atoms with van der Waals surface area (Å²) in [6.07, 6.45) is 1.24. The van der Waals surface area contributed by atoms with Crippen LogP contribution in [0.3, 0.4) is 0 Å². The zero-order chi connectivity index (χ0) is 14.4. The monoisotopic (exact) mass is 277 g/mol. The van der Waals surface area contributed by atoms with Crippen LogP contribution >= 0.6 is 0 Å². The highest BCUT2D eigenvalue weighted by Crippen LogP contribution is 2.19. The van der Waals surface area contributed by atoms with Crippen LogP contribution in [-0.4, -0.2) is 49.6 Å². The van der Waals surface area contributed by atoms with Crippen molar-refractivity contribution in [3.63, 3.8) is 0 Å². The molecule has 1 aliphatic rings. The summed E-state index contributed by atoms with van der Waals surface area (Å²) in [7, 11) is 0. The van der Waals surface area contributed by atoms with E-state index in [2.05, 4.69) is 11.8 Å². The van der Waals surface area contributed by atoms with Crippen LogP contribution in [0.4, 0.5) is 0 Å². The van der Waals surface area contributed by atoms with Gasteiger partial charge in [0.15, 0.2) is 5.78 Å². The Kier molecular flexibility index (Phi) is 5.56. The Morgan fingerprint density at radius 3 is 2.95 bits per heavy atom. The molecule has 0 spiro atoms. The van der Waals surface area contributed by atoms with Crippen LogP contribution in [-0.2, 0) is 4.74 Å². The number of hydrogen-bond acceptors (Lipinski definition) is 4. The third-order valence-corrected chi connectivity index (χ3v) is 3.53. The van der Waals surface area contributed by atoms with E-state index in [9.17, 15) is 4.79 Å². The van der Waals surface area contributed by atoms with Gasteiger partial charge in [-0.2, -0.15) is 0 Å². The predicted octanol–water partition coefficient (Wildman–Crippen LogP) is 2.38. The molecule has 0 amide bonds. The molecular formula is C16H23NO3. The van der Waals surface area contributed by atoms with Gasteiger partial charge in [0.1, 0.15) is 5.75 Å². The molecule has 0 radical (unpaired) electrons. The molecule has 2 rings (SSSR count). The SMILES string of the molecule is CCOc1ccccc1C(=O)CN1CCOC(CC)C1. The van der Waals surface area contributed by atoms with Gasteiger partial charge in [0.05, 0.1) is 31.4 Å². The molecule has 1 aliphatic heterocycles. The maximum atomic E-state index is 12.4. The fraction of sp³-hybridized carbons (Fsp3) is 0.562. The van der Waals surface area contributed by atoms with Crippen LogP contribution < -0.4 is 4.74 Å². The van der Waals surface area contributed by atoms with Crippen LogP contribution in [0.1, 0.15) is 30.6 Å². The number of para-hydroxylation sites is 1. The molecule has 4 nitrogen and oxygen atoms in total. The fourth-order valence-electron chi connectivity index (χ4n) is 2.44. The first-order valence-corrected chi connectivity index (χ1v) is 7.33. The van der Waals surface area contributed by atoms with E-state index in [0.29, 0.717) is 31.1 Å². The average Bonchev–Trinajstić information content (AvgIpc) is 2.48. The second-order valence-electron chi connectivity index (χ2n) is 4.99. The van der Waals surface area contributed by atoms with Crippen LogP contribution in [0.15, 0.2) is 24.3 Å². The molecule has 4 heteroatoms. The van der Waals surface area contributed by atoms with Crippen molar-refractivity contribution in [1.82, 2.24) is 4.90 Å². The van der Waals surface area contributed by atoms with Crippen molar-refractivity contribution in [3.8, 4) is 5.75 Å². The lowest BCUT2D eigenvalue weighted by atomic mass is 10.1. The third-order valence-electron chi connectivity index (χ3n) is 3.53. The molecular weight excluding hydrogens is 254 g/mol. The van der Waals surface area contributed by atoms with Gasteiger partial charge in [-0.15, -0.1) is 0 Å². The second-order valence-corrected chi connectivity index (χ2v) is 4.99. The quantitative estimate of drug-likeness (QED) is 0.748. The summed E-state index contributed by atoms with van der Waals surface area (Å²) in [6, 6.07) is 7.46. The average molecular weight is 277 g/mol. The van der Waals surface area contributed by atoms with Crippen molar-refractivity contribution in [2.45, 2.75) is 26.4 Å². The summed E-state index contributed by atoms with van der Waals surface area (Å²) in [5.41, 5.74) is 0.675. The minimum atomic E-state index is 0.116. The van der Waals surface area contributed by atoms with Crippen molar-refractivity contribution in [2.24, 2.45) is 0 Å². The molecule has 0 aliphatic carbocycles. The lowest BCUT2D eigenvalue weighted by molar-refractivity contribution is -0.0271. The van der Waals surface area contributed by atoms with Gasteiger partial charge in [0.25, 0.3) is 0 Å². The highest BCUT2D eigenvalue weighted by atomic mass is 16.5. The molecule has 1 fully saturated rings. The minimum absolute atomic E-state index is 0.116. The van der Waals surface area contributed by atoms with E-state index in [4.69, 9.17) is 9.47 Å². The minimum Gasteiger partial charge on any atom is -0.493 e. The Bertz CT molecular complexity index is 447. The predicted molar refractivity (Wildman–Crippen MR) is 78.4 cm³/mol. The third kappa shape index (κ3) is 3.81. The van der Waals surface area contributed by atoms with Crippen molar-refractivity contribution >= 4 is 5.78 Å². The van der Waals surface area contributed by atoms with Crippen LogP contribution in [0.2, 0.25) is 0 Å². The smallest absolute Gasteiger partial charge is 0.180 e. The molecule has 0 aromatic heterocycles. The van der Waals surface area contributed by atoms with E-state index in [0.717, 1.165) is 19.5 Å². The first-order chi connectivity index (χ1) is 9.74. The number of carbonyl (C=O) groups is 1. The second kappa shape index (κ2) is 7.41. The van der Waals surface area contributed by atoms with Gasteiger partial charge < -0.3 is 9.47 Å². The van der Waals surface area contributed by atoms with Crippen LogP contribution in [0.5, 0.6) is 5.75 Å². The summed E-state index contributed by atoms with van der Waals surface area (Å²) in [5.74, 6) is 0.797. The molecule has 0 saturated carbocycles. The number of Topliss-reactive ketones (excluding diaryl/α,β-unsaturated/α-hetero) is 1. The maximum absolute atomic E-state index is 12.4. The number of benzene rings is 1. The van der Waals surface area contributed by atoms with E-state index in [1.807, 2.05) is 31.2 Å². The molecule has 1 aromatic rings. The standard InChI is InChI=1S/C16H23NO3/c1-3-13-11-17(9-10-20-13)12-15(18)14-7-5-6-8-16(14)19-4-2/h5-8,13H,3-4,9-12H2,1-2H3. The van der Waals surface area contributed by atoms with E-state index in [1.165, 1.54) is 0 Å². The lowest BCUT2D eigenvalue weighted by Crippen LogP contribution is -2.44. The van der Waals surface area contributed by atoms with E-state index < -0.39 is 0 Å². The van der Waals surface area contributed by atoms with Crippen molar-refractivity contribution < 1.29 is 14.3 Å². The van der Waals surface area contributed by atoms with E-state index >= 15 is 0 Å². The Labute approximate surface area is 120 Å². The molecule has 20 heavy (non-hydrogen) atoms. The van der Waals surface area contributed by atoms with Gasteiger partial charge >= 0.3 is 0 Å². The molecule has 1 aromatic carbocycles. The summed E-state index contributed by atoms with van der Waals surface area (Å²) in [4.78, 5) is 14.6. The van der Waals surface area contributed by atoms with E-state index in [1.54, 1.807) is 0 Å². The number of carbonyl (C=O) groups excluding carboxylic acids is 1. The van der Waals surface area contributed by atoms with Gasteiger partial charge in [0.2, 0.25) is 0 Å². The number of hydrogen-bond donors (Lipinski definition) is 0. The molecule has 1 saturated heterocycles. The van der Waals surface area contributed by atoms with Crippen LogP contribution in [0.25, 0.3) is 0 Å². The van der Waals surface area contributed by atoms with Gasteiger partial charge in [-0.25, -0.2) is 0 Å². The molecule has 0 bridgehead atoms. The number of nitrogens with zero attached hydrogens (tertiary/aromatic N) is 1. The number of rotatable bonds is 6. The zero-order valence-corrected chi connectivity index (χ0v) is 12.3. The fourth-order valence-corrected chi connectivity index (χ4v) is 2.44. The molecule has 0 N–H and O–H groups in total. The maximum Gasteiger partial charge on any atom is 0.180 e. The highest BCUT2D eigenvalue weighted by Gasteiger charge is 2.22. The highest BCUT2D eigenvalue weighted by molar-refractivity contribution is 6.00. The Morgan fingerprint density at radius 1 is 1.40 bits per heavy atom. The Hall–Kier alpha value is -1.39. The summed E-state index contributed by atoms with van der Waals surface area (Å²) in [5, 5.41) is 0. The number of ether oxygens (including phenoxy) is 2. The normalized spacial score (nSPS) is 19.8. The zero-order valence-electron chi connectivity index (χ0n) is 12.3. The van der Waals surface area contributed by atoms with Gasteiger partial charge in [-0.05, 0) is 25.5 Å². The van der Waals surface area contributed by atoms with Crippen molar-refractivity contribution in [3.05, 3.63) is 29.8 Å². The first kappa shape index (κ1) is 15.0. The molecule has 1 atom stereocenters. The molecule has 1 unspecified atom stereocenters. The topological polar surface area (TPSA) is 38.8 Å². The Morgan fingerprint density at radius 2 is 2.20 bits per heavy atom. The molecule has 110 valence electrons. The first-order valence-electron chi connectivity index (χ1n) is 7.33. The van der Waals surface area contributed by atoms with Gasteiger partial charge in [-0.1, -0.05) is 19.1 Å².